The second-order valence-electron chi connectivity index (χ2n) is 2.21. The van der Waals surface area contributed by atoms with Crippen molar-refractivity contribution in [2.45, 2.75) is 0 Å². The lowest BCUT2D eigenvalue weighted by Crippen LogP contribution is -2.16. The van der Waals surface area contributed by atoms with E-state index in [1.165, 1.54) is 18.2 Å². The highest BCUT2D eigenvalue weighted by atomic mass is 31.2. The predicted octanol–water partition coefficient (Wildman–Crippen LogP) is -0.225. The van der Waals surface area contributed by atoms with E-state index in [9.17, 15) is 4.57 Å². The number of nitrogens with two attached hydrogens (primary N) is 1. The van der Waals surface area contributed by atoms with Crippen LogP contribution in [0.25, 0.3) is 0 Å². The molecule has 6 heteroatoms. The smallest absolute Gasteiger partial charge is 0.323 e. The van der Waals surface area contributed by atoms with Crippen molar-refractivity contribution in [3.05, 3.63) is 24.3 Å². The van der Waals surface area contributed by atoms with Gasteiger partial charge in [-0.2, -0.15) is 0 Å². The van der Waals surface area contributed by atoms with Crippen molar-refractivity contribution >= 4 is 18.6 Å². The van der Waals surface area contributed by atoms with Crippen LogP contribution in [0.4, 0.5) is 5.69 Å². The summed E-state index contributed by atoms with van der Waals surface area (Å²) in [6.45, 7) is 0. The maximum Gasteiger partial charge on any atom is 0.358 e. The largest absolute Gasteiger partial charge is 0.358 e. The number of rotatable bonds is 2. The molecule has 0 radical (unpaired) electrons. The van der Waals surface area contributed by atoms with Gasteiger partial charge < -0.3 is 15.2 Å². The zero-order valence-electron chi connectivity index (χ0n) is 6.14. The van der Waals surface area contributed by atoms with Gasteiger partial charge in [0.15, 0.2) is 0 Å². The van der Waals surface area contributed by atoms with Crippen molar-refractivity contribution in [1.29, 1.82) is 0 Å². The van der Waals surface area contributed by atoms with Crippen LogP contribution in [0.1, 0.15) is 0 Å². The zero-order chi connectivity index (χ0) is 9.19. The molecule has 0 aliphatic rings. The van der Waals surface area contributed by atoms with E-state index in [1.807, 2.05) is 0 Å². The average molecular weight is 188 g/mol. The van der Waals surface area contributed by atoms with Crippen LogP contribution in [0.15, 0.2) is 24.3 Å². The molecular weight excluding hydrogens is 179 g/mol. The molecule has 0 unspecified atom stereocenters. The second-order valence-corrected chi connectivity index (χ2v) is 3.78. The van der Waals surface area contributed by atoms with Crippen molar-refractivity contribution < 1.29 is 14.4 Å². The lowest BCUT2D eigenvalue weighted by molar-refractivity contribution is 0.387. The summed E-state index contributed by atoms with van der Waals surface area (Å²) in [5, 5.41) is -0.0903. The topological polar surface area (TPSA) is 95.6 Å². The Kier molecular flexibility index (Phi) is 2.49. The molecular formula is C6H9N2O3P. The SMILES string of the molecule is NNc1ccccc1P(=O)(O)O. The van der Waals surface area contributed by atoms with E-state index in [0.29, 0.717) is 0 Å². The molecule has 12 heavy (non-hydrogen) atoms. The third-order valence-electron chi connectivity index (χ3n) is 1.37. The van der Waals surface area contributed by atoms with Gasteiger partial charge in [0.05, 0.1) is 11.0 Å². The lowest BCUT2D eigenvalue weighted by atomic mass is 10.3. The molecule has 0 aromatic heterocycles. The molecule has 0 amide bonds. The Morgan fingerprint density at radius 2 is 1.92 bits per heavy atom. The van der Waals surface area contributed by atoms with Crippen LogP contribution in [0.5, 0.6) is 0 Å². The van der Waals surface area contributed by atoms with E-state index < -0.39 is 7.60 Å². The molecule has 0 heterocycles. The molecule has 5 nitrogen and oxygen atoms in total. The van der Waals surface area contributed by atoms with E-state index in [1.54, 1.807) is 6.07 Å². The molecule has 0 atom stereocenters. The standard InChI is InChI=1S/C6H9N2O3P/c7-8-5-3-1-2-4-6(5)12(9,10)11/h1-4,8H,7H2,(H2,9,10,11). The molecule has 0 saturated heterocycles. The molecule has 0 spiro atoms. The average Bonchev–Trinajstić information content (AvgIpc) is 2.03. The van der Waals surface area contributed by atoms with Crippen LogP contribution >= 0.6 is 7.60 Å². The number of nitrogen functional groups attached to an aromatic ring is 1. The summed E-state index contributed by atoms with van der Waals surface area (Å²) >= 11 is 0. The molecule has 0 aliphatic heterocycles. The molecule has 66 valence electrons. The first-order valence-corrected chi connectivity index (χ1v) is 4.78. The summed E-state index contributed by atoms with van der Waals surface area (Å²) in [6.07, 6.45) is 0. The van der Waals surface area contributed by atoms with Gasteiger partial charge in [-0.05, 0) is 12.1 Å². The van der Waals surface area contributed by atoms with E-state index in [4.69, 9.17) is 15.6 Å². The third kappa shape index (κ3) is 1.84. The highest BCUT2D eigenvalue weighted by Gasteiger charge is 2.19. The minimum atomic E-state index is -4.21. The summed E-state index contributed by atoms with van der Waals surface area (Å²) in [5.74, 6) is 5.05. The highest BCUT2D eigenvalue weighted by molar-refractivity contribution is 7.60. The van der Waals surface area contributed by atoms with Crippen LogP contribution in [0, 0.1) is 0 Å². The van der Waals surface area contributed by atoms with Gasteiger partial charge in [-0.25, -0.2) is 0 Å². The van der Waals surface area contributed by atoms with Crippen LogP contribution in [0.3, 0.4) is 0 Å². The molecule has 0 saturated carbocycles. The number of para-hydroxylation sites is 1. The summed E-state index contributed by atoms with van der Waals surface area (Å²) in [7, 11) is -4.21. The van der Waals surface area contributed by atoms with Crippen LogP contribution in [-0.4, -0.2) is 9.79 Å². The number of hydrazine groups is 1. The fourth-order valence-electron chi connectivity index (χ4n) is 0.850. The van der Waals surface area contributed by atoms with E-state index >= 15 is 0 Å². The summed E-state index contributed by atoms with van der Waals surface area (Å²) in [6, 6.07) is 5.99. The molecule has 5 N–H and O–H groups in total. The Balaban J connectivity index is 3.23. The van der Waals surface area contributed by atoms with Gasteiger partial charge in [0.1, 0.15) is 0 Å². The highest BCUT2D eigenvalue weighted by Crippen LogP contribution is 2.35. The maximum absolute atomic E-state index is 10.8. The van der Waals surface area contributed by atoms with Gasteiger partial charge in [0.2, 0.25) is 0 Å². The minimum absolute atomic E-state index is 0.0903. The van der Waals surface area contributed by atoms with Crippen molar-refractivity contribution in [3.63, 3.8) is 0 Å². The number of benzene rings is 1. The summed E-state index contributed by atoms with van der Waals surface area (Å²) in [4.78, 5) is 17.6. The van der Waals surface area contributed by atoms with Gasteiger partial charge in [0, 0.05) is 0 Å². The zero-order valence-corrected chi connectivity index (χ0v) is 7.03. The Morgan fingerprint density at radius 1 is 1.33 bits per heavy atom. The lowest BCUT2D eigenvalue weighted by Gasteiger charge is -2.08. The number of anilines is 1. The van der Waals surface area contributed by atoms with Crippen molar-refractivity contribution in [2.75, 3.05) is 5.43 Å². The quantitative estimate of drug-likeness (QED) is 0.292. The Labute approximate surface area is 69.3 Å². The first kappa shape index (κ1) is 9.22. The van der Waals surface area contributed by atoms with Gasteiger partial charge in [-0.15, -0.1) is 0 Å². The van der Waals surface area contributed by atoms with Crippen LogP contribution < -0.4 is 16.6 Å². The van der Waals surface area contributed by atoms with E-state index in [0.717, 1.165) is 0 Å². The third-order valence-corrected chi connectivity index (χ3v) is 2.39. The fraction of sp³-hybridized carbons (Fsp3) is 0. The van der Waals surface area contributed by atoms with Crippen molar-refractivity contribution in [2.24, 2.45) is 5.84 Å². The molecule has 0 bridgehead atoms. The van der Waals surface area contributed by atoms with E-state index in [-0.39, 0.29) is 11.0 Å². The number of hydrogen-bond acceptors (Lipinski definition) is 3. The fourth-order valence-corrected chi connectivity index (χ4v) is 1.58. The second kappa shape index (κ2) is 3.25. The van der Waals surface area contributed by atoms with Crippen molar-refractivity contribution in [1.82, 2.24) is 0 Å². The van der Waals surface area contributed by atoms with Gasteiger partial charge in [-0.3, -0.25) is 10.4 Å². The Morgan fingerprint density at radius 3 is 2.33 bits per heavy atom. The first-order valence-electron chi connectivity index (χ1n) is 3.17. The first-order chi connectivity index (χ1) is 5.55. The van der Waals surface area contributed by atoms with E-state index in [2.05, 4.69) is 5.43 Å². The molecule has 0 fully saturated rings. The number of hydrogen-bond donors (Lipinski definition) is 4. The summed E-state index contributed by atoms with van der Waals surface area (Å²) in [5.41, 5.74) is 2.45. The Bertz CT molecular complexity index is 322. The van der Waals surface area contributed by atoms with Gasteiger partial charge >= 0.3 is 7.60 Å². The maximum atomic E-state index is 10.8. The molecule has 1 rings (SSSR count). The van der Waals surface area contributed by atoms with Gasteiger partial charge in [-0.1, -0.05) is 12.1 Å². The van der Waals surface area contributed by atoms with Crippen molar-refractivity contribution in [3.8, 4) is 0 Å². The monoisotopic (exact) mass is 188 g/mol. The Hall–Kier alpha value is -0.870. The molecule has 1 aromatic rings. The summed E-state index contributed by atoms with van der Waals surface area (Å²) < 4.78 is 10.8. The number of nitrogens with one attached hydrogen (secondary N) is 1. The van der Waals surface area contributed by atoms with Gasteiger partial charge in [0.25, 0.3) is 0 Å². The minimum Gasteiger partial charge on any atom is -0.323 e. The normalized spacial score (nSPS) is 11.2. The predicted molar refractivity (Wildman–Crippen MR) is 45.9 cm³/mol. The molecule has 0 aliphatic carbocycles. The van der Waals surface area contributed by atoms with Crippen LogP contribution in [-0.2, 0) is 4.57 Å². The molecule has 1 aromatic carbocycles. The van der Waals surface area contributed by atoms with Crippen LogP contribution in [0.2, 0.25) is 0 Å².